The number of carbonyl (C=O) groups excluding carboxylic acids is 1. The third-order valence-corrected chi connectivity index (χ3v) is 2.91. The Bertz CT molecular complexity index is 478. The molecule has 1 nitrogen and oxygen atoms in total. The van der Waals surface area contributed by atoms with Crippen molar-refractivity contribution in [2.45, 2.75) is 12.8 Å². The third kappa shape index (κ3) is 0.869. The maximum absolute atomic E-state index is 11.9. The summed E-state index contributed by atoms with van der Waals surface area (Å²) in [5.74, 6) is 0.236. The van der Waals surface area contributed by atoms with Crippen molar-refractivity contribution in [3.05, 3.63) is 53.1 Å². The quantitative estimate of drug-likeness (QED) is 0.602. The Kier molecular flexibility index (Phi) is 1.48. The maximum atomic E-state index is 11.9. The number of hydrogen-bond acceptors (Lipinski definition) is 1. The molecule has 0 fully saturated rings. The molecule has 0 saturated carbocycles. The molecule has 2 aliphatic carbocycles. The van der Waals surface area contributed by atoms with Crippen molar-refractivity contribution < 1.29 is 4.79 Å². The van der Waals surface area contributed by atoms with Crippen LogP contribution in [0.15, 0.2) is 42.0 Å². The molecule has 0 aliphatic heterocycles. The molecule has 1 aromatic carbocycles. The second-order valence-electron chi connectivity index (χ2n) is 3.71. The van der Waals surface area contributed by atoms with E-state index in [9.17, 15) is 4.79 Å². The zero-order valence-corrected chi connectivity index (χ0v) is 7.79. The molecule has 0 N–H and O–H groups in total. The lowest BCUT2D eigenvalue weighted by atomic mass is 9.98. The molecule has 3 rings (SSSR count). The Balaban J connectivity index is 2.28. The van der Waals surface area contributed by atoms with Crippen LogP contribution in [0.5, 0.6) is 0 Å². The SMILES string of the molecule is O=C1C2=C(C=CCC2)c2ccccc21. The second-order valence-corrected chi connectivity index (χ2v) is 3.71. The predicted octanol–water partition coefficient (Wildman–Crippen LogP) is 2.99. The highest BCUT2D eigenvalue weighted by Crippen LogP contribution is 2.37. The van der Waals surface area contributed by atoms with Gasteiger partial charge in [-0.3, -0.25) is 4.79 Å². The predicted molar refractivity (Wildman–Crippen MR) is 56.1 cm³/mol. The number of ketones is 1. The van der Waals surface area contributed by atoms with Crippen LogP contribution in [0.25, 0.3) is 5.57 Å². The second kappa shape index (κ2) is 2.68. The van der Waals surface area contributed by atoms with Crippen LogP contribution in [-0.4, -0.2) is 5.78 Å². The molecule has 0 unspecified atom stereocenters. The van der Waals surface area contributed by atoms with E-state index in [-0.39, 0.29) is 5.78 Å². The fraction of sp³-hybridized carbons (Fsp3) is 0.154. The molecule has 0 amide bonds. The number of benzene rings is 1. The van der Waals surface area contributed by atoms with Gasteiger partial charge in [-0.15, -0.1) is 0 Å². The lowest BCUT2D eigenvalue weighted by Gasteiger charge is -2.06. The van der Waals surface area contributed by atoms with Crippen LogP contribution in [0.1, 0.15) is 28.8 Å². The van der Waals surface area contributed by atoms with Crippen LogP contribution in [-0.2, 0) is 0 Å². The van der Waals surface area contributed by atoms with Crippen LogP contribution in [0.2, 0.25) is 0 Å². The number of fused-ring (bicyclic) bond motifs is 2. The first-order chi connectivity index (χ1) is 6.88. The number of hydrogen-bond donors (Lipinski definition) is 0. The Hall–Kier alpha value is -1.63. The van der Waals surface area contributed by atoms with Gasteiger partial charge >= 0.3 is 0 Å². The minimum Gasteiger partial charge on any atom is -0.289 e. The van der Waals surface area contributed by atoms with Crippen LogP contribution >= 0.6 is 0 Å². The van der Waals surface area contributed by atoms with E-state index in [1.54, 1.807) is 0 Å². The summed E-state index contributed by atoms with van der Waals surface area (Å²) in [4.78, 5) is 11.9. The highest BCUT2D eigenvalue weighted by atomic mass is 16.1. The summed E-state index contributed by atoms with van der Waals surface area (Å²) in [6, 6.07) is 7.87. The van der Waals surface area contributed by atoms with Gasteiger partial charge in [0, 0.05) is 11.1 Å². The van der Waals surface area contributed by atoms with Gasteiger partial charge < -0.3 is 0 Å². The largest absolute Gasteiger partial charge is 0.289 e. The van der Waals surface area contributed by atoms with Crippen molar-refractivity contribution >= 4 is 11.4 Å². The fourth-order valence-corrected chi connectivity index (χ4v) is 2.23. The average Bonchev–Trinajstić information content (AvgIpc) is 2.55. The van der Waals surface area contributed by atoms with Gasteiger partial charge in [-0.25, -0.2) is 0 Å². The summed E-state index contributed by atoms with van der Waals surface area (Å²) >= 11 is 0. The highest BCUT2D eigenvalue weighted by molar-refractivity contribution is 6.22. The topological polar surface area (TPSA) is 17.1 Å². The van der Waals surface area contributed by atoms with Crippen LogP contribution in [0.4, 0.5) is 0 Å². The summed E-state index contributed by atoms with van der Waals surface area (Å²) in [6.45, 7) is 0. The van der Waals surface area contributed by atoms with Crippen molar-refractivity contribution in [3.8, 4) is 0 Å². The molecule has 0 heterocycles. The maximum Gasteiger partial charge on any atom is 0.190 e. The number of rotatable bonds is 0. The summed E-state index contributed by atoms with van der Waals surface area (Å²) in [5, 5.41) is 0. The molecule has 68 valence electrons. The number of Topliss-reactive ketones (excluding diaryl/α,β-unsaturated/α-hetero) is 1. The van der Waals surface area contributed by atoms with E-state index < -0.39 is 0 Å². The van der Waals surface area contributed by atoms with Crippen molar-refractivity contribution in [1.82, 2.24) is 0 Å². The van der Waals surface area contributed by atoms with E-state index in [0.29, 0.717) is 0 Å². The molecular weight excluding hydrogens is 172 g/mol. The van der Waals surface area contributed by atoms with Gasteiger partial charge in [-0.2, -0.15) is 0 Å². The smallest absolute Gasteiger partial charge is 0.190 e. The van der Waals surface area contributed by atoms with E-state index in [1.807, 2.05) is 24.3 Å². The van der Waals surface area contributed by atoms with Gasteiger partial charge in [0.05, 0.1) is 0 Å². The first-order valence-corrected chi connectivity index (χ1v) is 4.92. The van der Waals surface area contributed by atoms with E-state index in [1.165, 1.54) is 0 Å². The summed E-state index contributed by atoms with van der Waals surface area (Å²) < 4.78 is 0. The van der Waals surface area contributed by atoms with Crippen LogP contribution < -0.4 is 0 Å². The molecule has 0 spiro atoms. The molecule has 1 aromatic rings. The molecule has 0 radical (unpaired) electrons. The van der Waals surface area contributed by atoms with Gasteiger partial charge in [0.2, 0.25) is 0 Å². The molecule has 1 heteroatoms. The fourth-order valence-electron chi connectivity index (χ4n) is 2.23. The Morgan fingerprint density at radius 2 is 1.86 bits per heavy atom. The summed E-state index contributed by atoms with van der Waals surface area (Å²) in [7, 11) is 0. The minimum absolute atomic E-state index is 0.236. The minimum atomic E-state index is 0.236. The van der Waals surface area contributed by atoms with Gasteiger partial charge in [0.1, 0.15) is 0 Å². The van der Waals surface area contributed by atoms with Gasteiger partial charge in [0.15, 0.2) is 5.78 Å². The first-order valence-electron chi connectivity index (χ1n) is 4.92. The molecule has 0 atom stereocenters. The van der Waals surface area contributed by atoms with Gasteiger partial charge in [-0.1, -0.05) is 36.4 Å². The van der Waals surface area contributed by atoms with E-state index in [2.05, 4.69) is 12.2 Å². The van der Waals surface area contributed by atoms with Crippen LogP contribution in [0, 0.1) is 0 Å². The van der Waals surface area contributed by atoms with Gasteiger partial charge in [-0.05, 0) is 24.0 Å². The standard InChI is InChI=1S/C13H10O/c14-13-11-7-3-1-5-9(11)10-6-2-4-8-12(10)13/h1-3,5-7H,4,8H2. The average molecular weight is 182 g/mol. The number of carbonyl (C=O) groups is 1. The third-order valence-electron chi connectivity index (χ3n) is 2.91. The Morgan fingerprint density at radius 1 is 1.07 bits per heavy atom. The first kappa shape index (κ1) is 7.74. The zero-order valence-electron chi connectivity index (χ0n) is 7.79. The molecule has 14 heavy (non-hydrogen) atoms. The Morgan fingerprint density at radius 3 is 2.71 bits per heavy atom. The molecule has 0 bridgehead atoms. The number of allylic oxidation sites excluding steroid dienone is 4. The Labute approximate surface area is 82.8 Å². The normalized spacial score (nSPS) is 18.4. The van der Waals surface area contributed by atoms with E-state index >= 15 is 0 Å². The highest BCUT2D eigenvalue weighted by Gasteiger charge is 2.28. The lowest BCUT2D eigenvalue weighted by Crippen LogP contribution is -1.99. The molecule has 0 aromatic heterocycles. The monoisotopic (exact) mass is 182 g/mol. The van der Waals surface area contributed by atoms with Gasteiger partial charge in [0.25, 0.3) is 0 Å². The van der Waals surface area contributed by atoms with E-state index in [4.69, 9.17) is 0 Å². The van der Waals surface area contributed by atoms with Crippen molar-refractivity contribution in [1.29, 1.82) is 0 Å². The van der Waals surface area contributed by atoms with Crippen molar-refractivity contribution in [2.24, 2.45) is 0 Å². The summed E-state index contributed by atoms with van der Waals surface area (Å²) in [6.07, 6.45) is 6.13. The van der Waals surface area contributed by atoms with E-state index in [0.717, 1.165) is 35.1 Å². The van der Waals surface area contributed by atoms with Crippen molar-refractivity contribution in [3.63, 3.8) is 0 Å². The molecule has 0 saturated heterocycles. The van der Waals surface area contributed by atoms with Crippen LogP contribution in [0.3, 0.4) is 0 Å². The molecule has 2 aliphatic rings. The lowest BCUT2D eigenvalue weighted by molar-refractivity contribution is 0.103. The summed E-state index contributed by atoms with van der Waals surface area (Å²) in [5.41, 5.74) is 4.15. The van der Waals surface area contributed by atoms with Crippen molar-refractivity contribution in [2.75, 3.05) is 0 Å². The molecular formula is C13H10O. The zero-order chi connectivity index (χ0) is 9.54.